The number of hydrogen-bond donors (Lipinski definition) is 1. The predicted octanol–water partition coefficient (Wildman–Crippen LogP) is 0.994. The number of carbonyl (C=O) groups excluding carboxylic acids is 1. The molecule has 10 heteroatoms. The molecule has 0 radical (unpaired) electrons. The number of hydrogen-bond acceptors (Lipinski definition) is 5. The Labute approximate surface area is 90.0 Å². The van der Waals surface area contributed by atoms with E-state index in [1.807, 2.05) is 0 Å². The summed E-state index contributed by atoms with van der Waals surface area (Å²) < 4.78 is 38.9. The molecule has 0 aliphatic rings. The monoisotopic (exact) mass is 252 g/mol. The maximum Gasteiger partial charge on any atom is 0.573 e. The number of halogens is 3. The Balaban J connectivity index is 3.37. The second-order valence-corrected chi connectivity index (χ2v) is 2.69. The van der Waals surface area contributed by atoms with Gasteiger partial charge in [-0.25, -0.2) is 9.78 Å². The van der Waals surface area contributed by atoms with Crippen molar-refractivity contribution >= 4 is 12.1 Å². The van der Waals surface area contributed by atoms with Gasteiger partial charge in [0.1, 0.15) is 0 Å². The van der Waals surface area contributed by atoms with Crippen LogP contribution in [0, 0.1) is 10.1 Å². The number of aromatic nitrogens is 1. The molecule has 92 valence electrons. The molecule has 0 aliphatic carbocycles. The van der Waals surface area contributed by atoms with Gasteiger partial charge in [-0.05, 0) is 4.92 Å². The van der Waals surface area contributed by atoms with Crippen LogP contribution in [0.1, 0.15) is 10.4 Å². The van der Waals surface area contributed by atoms with Crippen molar-refractivity contribution in [2.24, 2.45) is 0 Å². The molecule has 0 spiro atoms. The average molecular weight is 252 g/mol. The second kappa shape index (κ2) is 4.23. The van der Waals surface area contributed by atoms with Crippen LogP contribution in [-0.2, 0) is 0 Å². The summed E-state index contributed by atoms with van der Waals surface area (Å²) in [6.45, 7) is 0. The highest BCUT2D eigenvalue weighted by atomic mass is 19.4. The Morgan fingerprint density at radius 1 is 1.47 bits per heavy atom. The van der Waals surface area contributed by atoms with E-state index < -0.39 is 34.0 Å². The smallest absolute Gasteiger partial charge is 0.397 e. The molecule has 0 aliphatic heterocycles. The van der Waals surface area contributed by atoms with Crippen molar-refractivity contribution in [2.75, 3.05) is 0 Å². The van der Waals surface area contributed by atoms with Crippen LogP contribution in [0.4, 0.5) is 19.0 Å². The summed E-state index contributed by atoms with van der Waals surface area (Å²) in [5.41, 5.74) is -2.38. The Bertz CT molecular complexity index is 521. The van der Waals surface area contributed by atoms with Crippen LogP contribution >= 0.6 is 0 Å². The first kappa shape index (κ1) is 12.7. The van der Waals surface area contributed by atoms with E-state index in [9.17, 15) is 32.9 Å². The van der Waals surface area contributed by atoms with E-state index in [4.69, 9.17) is 0 Å². The third kappa shape index (κ3) is 3.03. The highest BCUT2D eigenvalue weighted by Crippen LogP contribution is 2.23. The molecule has 0 saturated heterocycles. The number of nitro groups is 1. The number of aldehydes is 1. The fourth-order valence-electron chi connectivity index (χ4n) is 0.960. The van der Waals surface area contributed by atoms with Gasteiger partial charge < -0.3 is 14.9 Å². The van der Waals surface area contributed by atoms with E-state index >= 15 is 0 Å². The standard InChI is InChI=1S/C7H3F3N2O5/c8-7(9,10)17-5-3(2-13)1-4(12(15)16)11-6(5)14/h1-2H,(H,11,14). The molecule has 1 aromatic rings. The van der Waals surface area contributed by atoms with Crippen molar-refractivity contribution in [1.29, 1.82) is 0 Å². The number of nitrogens with one attached hydrogen (secondary N) is 1. The zero-order chi connectivity index (χ0) is 13.2. The first-order valence-electron chi connectivity index (χ1n) is 3.87. The quantitative estimate of drug-likeness (QED) is 0.491. The SMILES string of the molecule is O=Cc1cc([N+](=O)[O-])[nH]c(=O)c1OC(F)(F)F. The normalized spacial score (nSPS) is 11.0. The van der Waals surface area contributed by atoms with Gasteiger partial charge in [0.15, 0.2) is 6.29 Å². The molecule has 0 amide bonds. The largest absolute Gasteiger partial charge is 0.573 e. The predicted molar refractivity (Wildman–Crippen MR) is 45.8 cm³/mol. The molecule has 1 N–H and O–H groups in total. The fraction of sp³-hybridized carbons (Fsp3) is 0.143. The van der Waals surface area contributed by atoms with Crippen LogP contribution in [-0.4, -0.2) is 22.6 Å². The third-order valence-electron chi connectivity index (χ3n) is 1.54. The number of H-pyrrole nitrogens is 1. The van der Waals surface area contributed by atoms with Gasteiger partial charge >= 0.3 is 17.7 Å². The number of aromatic amines is 1. The summed E-state index contributed by atoms with van der Waals surface area (Å²) in [6.07, 6.45) is -5.33. The van der Waals surface area contributed by atoms with Crippen molar-refractivity contribution in [3.8, 4) is 5.75 Å². The Kier molecular flexibility index (Phi) is 3.16. The maximum atomic E-state index is 11.9. The van der Waals surface area contributed by atoms with Gasteiger partial charge in [0, 0.05) is 6.07 Å². The van der Waals surface area contributed by atoms with E-state index in [1.165, 1.54) is 4.98 Å². The minimum Gasteiger partial charge on any atom is -0.397 e. The molecule has 0 atom stereocenters. The summed E-state index contributed by atoms with van der Waals surface area (Å²) in [7, 11) is 0. The zero-order valence-corrected chi connectivity index (χ0v) is 7.78. The molecule has 0 fully saturated rings. The summed E-state index contributed by atoms with van der Waals surface area (Å²) in [4.78, 5) is 32.2. The van der Waals surface area contributed by atoms with E-state index in [0.29, 0.717) is 6.07 Å². The maximum absolute atomic E-state index is 11.9. The van der Waals surface area contributed by atoms with E-state index in [0.717, 1.165) is 0 Å². The minimum absolute atomic E-state index is 0.149. The van der Waals surface area contributed by atoms with Crippen molar-refractivity contribution < 1.29 is 27.6 Å². The Morgan fingerprint density at radius 2 is 2.06 bits per heavy atom. The minimum atomic E-state index is -5.18. The van der Waals surface area contributed by atoms with Gasteiger partial charge in [-0.2, -0.15) is 0 Å². The van der Waals surface area contributed by atoms with Crippen molar-refractivity contribution in [3.05, 3.63) is 32.1 Å². The lowest BCUT2D eigenvalue weighted by Crippen LogP contribution is -2.24. The molecule has 1 aromatic heterocycles. The Hall–Kier alpha value is -2.39. The number of carbonyl (C=O) groups is 1. The first-order chi connectivity index (χ1) is 7.74. The molecule has 7 nitrogen and oxygen atoms in total. The molecule has 0 aromatic carbocycles. The van der Waals surface area contributed by atoms with Crippen LogP contribution in [0.2, 0.25) is 0 Å². The van der Waals surface area contributed by atoms with Gasteiger partial charge in [-0.15, -0.1) is 13.2 Å². The van der Waals surface area contributed by atoms with Crippen LogP contribution in [0.25, 0.3) is 0 Å². The lowest BCUT2D eigenvalue weighted by atomic mass is 10.2. The lowest BCUT2D eigenvalue weighted by Gasteiger charge is -2.08. The zero-order valence-electron chi connectivity index (χ0n) is 7.78. The van der Waals surface area contributed by atoms with Gasteiger partial charge in [-0.3, -0.25) is 4.79 Å². The summed E-state index contributed by atoms with van der Waals surface area (Å²) in [5.74, 6) is -2.25. The van der Waals surface area contributed by atoms with Crippen LogP contribution in [0.3, 0.4) is 0 Å². The molecule has 0 saturated carbocycles. The third-order valence-corrected chi connectivity index (χ3v) is 1.54. The van der Waals surface area contributed by atoms with E-state index in [-0.39, 0.29) is 6.29 Å². The van der Waals surface area contributed by atoms with E-state index in [1.54, 1.807) is 0 Å². The highest BCUT2D eigenvalue weighted by molar-refractivity contribution is 5.79. The summed E-state index contributed by atoms with van der Waals surface area (Å²) >= 11 is 0. The fourth-order valence-corrected chi connectivity index (χ4v) is 0.960. The number of nitrogens with zero attached hydrogens (tertiary/aromatic N) is 1. The van der Waals surface area contributed by atoms with Crippen LogP contribution in [0.5, 0.6) is 5.75 Å². The van der Waals surface area contributed by atoms with E-state index in [2.05, 4.69) is 4.74 Å². The van der Waals surface area contributed by atoms with Crippen molar-refractivity contribution in [2.45, 2.75) is 6.36 Å². The number of ether oxygens (including phenoxy) is 1. The molecular weight excluding hydrogens is 249 g/mol. The second-order valence-electron chi connectivity index (χ2n) is 2.69. The number of pyridine rings is 1. The molecule has 17 heavy (non-hydrogen) atoms. The topological polar surface area (TPSA) is 102 Å². The number of rotatable bonds is 3. The molecule has 0 bridgehead atoms. The lowest BCUT2D eigenvalue weighted by molar-refractivity contribution is -0.389. The summed E-state index contributed by atoms with van der Waals surface area (Å²) in [5, 5.41) is 10.3. The molecule has 1 heterocycles. The van der Waals surface area contributed by atoms with Gasteiger partial charge in [0.25, 0.3) is 0 Å². The van der Waals surface area contributed by atoms with Crippen LogP contribution in [0.15, 0.2) is 10.9 Å². The Morgan fingerprint density at radius 3 is 2.47 bits per heavy atom. The van der Waals surface area contributed by atoms with Crippen molar-refractivity contribution in [3.63, 3.8) is 0 Å². The van der Waals surface area contributed by atoms with Crippen molar-refractivity contribution in [1.82, 2.24) is 4.98 Å². The molecule has 1 rings (SSSR count). The van der Waals surface area contributed by atoms with Gasteiger partial charge in [0.05, 0.1) is 5.56 Å². The van der Waals surface area contributed by atoms with Gasteiger partial charge in [0.2, 0.25) is 5.75 Å². The highest BCUT2D eigenvalue weighted by Gasteiger charge is 2.34. The van der Waals surface area contributed by atoms with Crippen LogP contribution < -0.4 is 10.3 Å². The number of alkyl halides is 3. The molecule has 0 unspecified atom stereocenters. The summed E-state index contributed by atoms with van der Waals surface area (Å²) in [6, 6.07) is 0.468. The first-order valence-corrected chi connectivity index (χ1v) is 3.87. The average Bonchev–Trinajstić information content (AvgIpc) is 2.18. The molecular formula is C7H3F3N2O5. The van der Waals surface area contributed by atoms with Gasteiger partial charge in [-0.1, -0.05) is 0 Å².